The first-order valence-corrected chi connectivity index (χ1v) is 15.3. The number of phenolic OH excluding ortho intramolecular Hbond substituents is 1. The Morgan fingerprint density at radius 1 is 0.898 bits per heavy atom. The van der Waals surface area contributed by atoms with Gasteiger partial charge in [0.1, 0.15) is 5.75 Å². The van der Waals surface area contributed by atoms with E-state index < -0.39 is 18.0 Å². The maximum atomic E-state index is 12.7. The number of nitrogens with one attached hydrogen (secondary N) is 3. The van der Waals surface area contributed by atoms with Gasteiger partial charge in [0.15, 0.2) is 5.58 Å². The number of benzene rings is 4. The number of pyridine rings is 1. The van der Waals surface area contributed by atoms with Crippen LogP contribution in [0.2, 0.25) is 0 Å². The molecule has 13 heteroatoms. The number of rotatable bonds is 12. The van der Waals surface area contributed by atoms with Crippen LogP contribution in [0, 0.1) is 0 Å². The number of aromatic hydroxyl groups is 1. The number of aliphatic hydroxyl groups is 1. The number of hydrogen-bond acceptors (Lipinski definition) is 7. The van der Waals surface area contributed by atoms with Crippen LogP contribution in [0.5, 0.6) is 5.75 Å². The molecule has 6 aromatic rings. The first-order chi connectivity index (χ1) is 22.8. The Morgan fingerprint density at radius 3 is 2.43 bits per heavy atom. The Morgan fingerprint density at radius 2 is 1.65 bits per heavy atom. The normalized spacial score (nSPS) is 11.5. The van der Waals surface area contributed by atoms with Crippen molar-refractivity contribution in [2.24, 2.45) is 0 Å². The van der Waals surface area contributed by atoms with Gasteiger partial charge >= 0.3 is 11.8 Å². The van der Waals surface area contributed by atoms with Gasteiger partial charge in [-0.3, -0.25) is 24.1 Å². The second-order valence-electron chi connectivity index (χ2n) is 11.4. The van der Waals surface area contributed by atoms with E-state index >= 15 is 0 Å². The lowest BCUT2D eigenvalue weighted by atomic mass is 9.99. The van der Waals surface area contributed by atoms with E-state index in [9.17, 15) is 29.7 Å². The highest BCUT2D eigenvalue weighted by Gasteiger charge is 2.15. The van der Waals surface area contributed by atoms with Gasteiger partial charge < -0.3 is 30.0 Å². The molecule has 4 aromatic carbocycles. The molecule has 0 saturated heterocycles. The van der Waals surface area contributed by atoms with Crippen molar-refractivity contribution in [3.63, 3.8) is 0 Å². The van der Waals surface area contributed by atoms with Gasteiger partial charge in [0.25, 0.3) is 0 Å². The van der Waals surface area contributed by atoms with Crippen molar-refractivity contribution in [3.8, 4) is 16.9 Å². The van der Waals surface area contributed by atoms with Crippen LogP contribution < -0.4 is 21.9 Å². The third-order valence-electron chi connectivity index (χ3n) is 8.18. The third-order valence-corrected chi connectivity index (χ3v) is 8.18. The summed E-state index contributed by atoms with van der Waals surface area (Å²) in [7, 11) is 0. The highest BCUT2D eigenvalue weighted by molar-refractivity contribution is 5.91. The van der Waals surface area contributed by atoms with E-state index in [1.54, 1.807) is 16.7 Å². The molecular weight excluding hydrogens is 638 g/mol. The number of hydrogen-bond donors (Lipinski definition) is 6. The van der Waals surface area contributed by atoms with Crippen molar-refractivity contribution in [1.29, 1.82) is 0 Å². The molecule has 1 amide bonds. The average Bonchev–Trinajstić information content (AvgIpc) is 3.37. The molecule has 0 aliphatic carbocycles. The van der Waals surface area contributed by atoms with Gasteiger partial charge in [-0.2, -0.15) is 0 Å². The van der Waals surface area contributed by atoms with E-state index in [4.69, 9.17) is 4.42 Å². The summed E-state index contributed by atoms with van der Waals surface area (Å²) in [6, 6.07) is 27.0. The number of aromatic amines is 1. The minimum Gasteiger partial charge on any atom is -0.506 e. The van der Waals surface area contributed by atoms with Crippen molar-refractivity contribution >= 4 is 33.8 Å². The summed E-state index contributed by atoms with van der Waals surface area (Å²) in [6.45, 7) is 1.25. The second kappa shape index (κ2) is 15.9. The number of halogens is 2. The van der Waals surface area contributed by atoms with E-state index in [1.165, 1.54) is 12.1 Å². The van der Waals surface area contributed by atoms with Crippen LogP contribution in [0.25, 0.3) is 33.1 Å². The van der Waals surface area contributed by atoms with Crippen molar-refractivity contribution < 1.29 is 33.9 Å². The Hall–Kier alpha value is -5.79. The van der Waals surface area contributed by atoms with Crippen LogP contribution in [-0.4, -0.2) is 44.1 Å². The van der Waals surface area contributed by atoms with E-state index in [0.717, 1.165) is 22.3 Å². The van der Waals surface area contributed by atoms with E-state index in [-0.39, 0.29) is 32.8 Å². The molecule has 0 radical (unpaired) electrons. The number of carboxylic acid groups (broad SMARTS) is 1. The summed E-state index contributed by atoms with van der Waals surface area (Å²) in [5.74, 6) is -0.496. The van der Waals surface area contributed by atoms with Gasteiger partial charge in [-0.15, -0.1) is 0 Å². The second-order valence-corrected chi connectivity index (χ2v) is 11.4. The summed E-state index contributed by atoms with van der Waals surface area (Å²) >= 11 is 0. The van der Waals surface area contributed by atoms with Gasteiger partial charge in [-0.25, -0.2) is 9.59 Å². The topological polar surface area (TPSA) is 170 Å². The van der Waals surface area contributed by atoms with Crippen molar-refractivity contribution in [1.82, 2.24) is 14.9 Å². The monoisotopic (exact) mass is 674 g/mol. The summed E-state index contributed by atoms with van der Waals surface area (Å²) in [6.07, 6.45) is -0.0826. The molecule has 0 aliphatic rings. The number of H-pyrrole nitrogens is 1. The quantitative estimate of drug-likeness (QED) is 0.0898. The number of nitrogens with zero attached hydrogens (tertiary/aromatic N) is 1. The average molecular weight is 675 g/mol. The molecule has 0 saturated carbocycles. The highest BCUT2D eigenvalue weighted by atomic mass is 19.0. The molecule has 2 aromatic heterocycles. The number of amides is 1. The molecular formula is C36H36F2N4O7. The van der Waals surface area contributed by atoms with Crippen molar-refractivity contribution in [2.75, 3.05) is 18.4 Å². The Labute approximate surface area is 278 Å². The largest absolute Gasteiger partial charge is 0.506 e. The van der Waals surface area contributed by atoms with Crippen LogP contribution in [0.15, 0.2) is 105 Å². The number of oxazole rings is 1. The number of fused-ring (bicyclic) bond motifs is 2. The fourth-order valence-electron chi connectivity index (χ4n) is 5.89. The van der Waals surface area contributed by atoms with Crippen molar-refractivity contribution in [3.05, 3.63) is 129 Å². The summed E-state index contributed by atoms with van der Waals surface area (Å²) in [5.41, 5.74) is 5.86. The zero-order valence-corrected chi connectivity index (χ0v) is 26.2. The summed E-state index contributed by atoms with van der Waals surface area (Å²) in [5, 5.41) is 36.6. The minimum absolute atomic E-state index is 0. The van der Waals surface area contributed by atoms with E-state index in [1.807, 2.05) is 66.7 Å². The number of aromatic nitrogens is 2. The lowest BCUT2D eigenvalue weighted by molar-refractivity contribution is 0.176. The maximum absolute atomic E-state index is 12.7. The van der Waals surface area contributed by atoms with Gasteiger partial charge in [0.2, 0.25) is 5.56 Å². The molecule has 1 atom stereocenters. The first kappa shape index (κ1) is 36.1. The molecule has 0 bridgehead atoms. The number of phenols is 1. The molecule has 0 spiro atoms. The predicted molar refractivity (Wildman–Crippen MR) is 185 cm³/mol. The Bertz CT molecular complexity index is 2180. The van der Waals surface area contributed by atoms with Crippen LogP contribution in [0.1, 0.15) is 29.2 Å². The Balaban J connectivity index is 0.00000270. The minimum atomic E-state index is -1.13. The van der Waals surface area contributed by atoms with Crippen LogP contribution in [0.4, 0.5) is 19.9 Å². The van der Waals surface area contributed by atoms with Crippen molar-refractivity contribution in [2.45, 2.75) is 31.9 Å². The molecule has 256 valence electrons. The zero-order valence-electron chi connectivity index (χ0n) is 26.2. The standard InChI is InChI=1S/C36H34N4O7.2FH/c41-30-14-11-26(27-12-15-33(43)39-34(27)30)31(42)21-37-17-16-23-9-13-29-32(20-23)47-36(46)40(29)18-4-5-22-8-10-25(24-6-2-1-3-7-24)28(19-22)38-35(44)45;;/h1-3,6-15,19-20,31,37-38,41-42H,4-5,16-18,21H2,(H,39,43)(H,44,45);2*1H/t31-;;/m0../s1. The highest BCUT2D eigenvalue weighted by Crippen LogP contribution is 2.30. The predicted octanol–water partition coefficient (Wildman–Crippen LogP) is 5.70. The number of aryl methyl sites for hydroxylation is 2. The van der Waals surface area contributed by atoms with Crippen LogP contribution >= 0.6 is 0 Å². The summed E-state index contributed by atoms with van der Waals surface area (Å²) in [4.78, 5) is 38.4. The fourth-order valence-corrected chi connectivity index (χ4v) is 5.89. The third kappa shape index (κ3) is 8.20. The van der Waals surface area contributed by atoms with E-state index in [0.29, 0.717) is 60.1 Å². The molecule has 49 heavy (non-hydrogen) atoms. The Kier molecular flexibility index (Phi) is 11.7. The fraction of sp³-hybridized carbons (Fsp3) is 0.194. The SMILES string of the molecule is F.F.O=C(O)Nc1cc(CCCn2c(=O)oc3cc(CCNC[C@H](O)c4ccc(O)c5[nH]c(=O)ccc45)ccc32)ccc1-c1ccccc1. The number of carbonyl (C=O) groups is 1. The lowest BCUT2D eigenvalue weighted by Gasteiger charge is -2.15. The molecule has 6 N–H and O–H groups in total. The lowest BCUT2D eigenvalue weighted by Crippen LogP contribution is -2.24. The van der Waals surface area contributed by atoms with Gasteiger partial charge in [0, 0.05) is 30.1 Å². The molecule has 0 aliphatic heterocycles. The molecule has 6 rings (SSSR count). The van der Waals surface area contributed by atoms with Gasteiger partial charge in [-0.05, 0) is 78.4 Å². The first-order valence-electron chi connectivity index (χ1n) is 15.3. The number of aliphatic hydroxyl groups excluding tert-OH is 1. The van der Waals surface area contributed by atoms with E-state index in [2.05, 4.69) is 15.6 Å². The molecule has 0 unspecified atom stereocenters. The van der Waals surface area contributed by atoms with Gasteiger partial charge in [-0.1, -0.05) is 54.6 Å². The number of anilines is 1. The van der Waals surface area contributed by atoms with Crippen LogP contribution in [-0.2, 0) is 19.4 Å². The smallest absolute Gasteiger partial charge is 0.419 e. The summed E-state index contributed by atoms with van der Waals surface area (Å²) < 4.78 is 7.17. The molecule has 2 heterocycles. The molecule has 0 fully saturated rings. The van der Waals surface area contributed by atoms with Gasteiger partial charge in [0.05, 0.1) is 22.8 Å². The maximum Gasteiger partial charge on any atom is 0.419 e. The molecule has 11 nitrogen and oxygen atoms in total. The zero-order chi connectivity index (χ0) is 32.9. The van der Waals surface area contributed by atoms with Crippen LogP contribution in [0.3, 0.4) is 0 Å².